The summed E-state index contributed by atoms with van der Waals surface area (Å²) in [5.74, 6) is 0. The summed E-state index contributed by atoms with van der Waals surface area (Å²) in [6.07, 6.45) is 3.52. The van der Waals surface area contributed by atoms with Gasteiger partial charge >= 0.3 is 0 Å². The molecule has 0 saturated heterocycles. The molecule has 2 rings (SSSR count). The van der Waals surface area contributed by atoms with Crippen molar-refractivity contribution in [2.75, 3.05) is 0 Å². The van der Waals surface area contributed by atoms with E-state index in [1.807, 2.05) is 26.0 Å². The van der Waals surface area contributed by atoms with Gasteiger partial charge in [0.2, 0.25) is 0 Å². The smallest absolute Gasteiger partial charge is 0.273 e. The maximum absolute atomic E-state index is 5.57. The molecule has 0 unspecified atom stereocenters. The minimum atomic E-state index is 0.551. The average molecular weight is 220 g/mol. The molecule has 0 saturated carbocycles. The SMILES string of the molecule is Cc1nc(OCc2ccncc2)sc1C. The summed E-state index contributed by atoms with van der Waals surface area (Å²) in [7, 11) is 0. The molecule has 4 heteroatoms. The van der Waals surface area contributed by atoms with E-state index in [1.54, 1.807) is 23.7 Å². The van der Waals surface area contributed by atoms with Crippen LogP contribution in [0.4, 0.5) is 0 Å². The molecule has 0 bridgehead atoms. The molecule has 0 amide bonds. The Labute approximate surface area is 92.8 Å². The Morgan fingerprint density at radius 2 is 2.00 bits per heavy atom. The van der Waals surface area contributed by atoms with Gasteiger partial charge in [-0.25, -0.2) is 4.98 Å². The Bertz CT molecular complexity index is 420. The lowest BCUT2D eigenvalue weighted by Crippen LogP contribution is -1.94. The van der Waals surface area contributed by atoms with Gasteiger partial charge in [0.1, 0.15) is 6.61 Å². The highest BCUT2D eigenvalue weighted by Crippen LogP contribution is 2.23. The van der Waals surface area contributed by atoms with E-state index >= 15 is 0 Å². The molecule has 3 nitrogen and oxygen atoms in total. The highest BCUT2D eigenvalue weighted by Gasteiger charge is 2.04. The van der Waals surface area contributed by atoms with Crippen LogP contribution in [-0.4, -0.2) is 9.97 Å². The second kappa shape index (κ2) is 4.40. The molecule has 15 heavy (non-hydrogen) atoms. The highest BCUT2D eigenvalue weighted by atomic mass is 32.1. The minimum absolute atomic E-state index is 0.551. The number of aromatic nitrogens is 2. The van der Waals surface area contributed by atoms with Crippen LogP contribution in [0.15, 0.2) is 24.5 Å². The summed E-state index contributed by atoms with van der Waals surface area (Å²) < 4.78 is 5.57. The Kier molecular flexibility index (Phi) is 2.97. The van der Waals surface area contributed by atoms with E-state index in [2.05, 4.69) is 9.97 Å². The van der Waals surface area contributed by atoms with Crippen LogP contribution in [0.5, 0.6) is 5.19 Å². The summed E-state index contributed by atoms with van der Waals surface area (Å²) in [6.45, 7) is 4.59. The van der Waals surface area contributed by atoms with Gasteiger partial charge in [0.15, 0.2) is 0 Å². The van der Waals surface area contributed by atoms with Gasteiger partial charge in [-0.3, -0.25) is 4.98 Å². The topological polar surface area (TPSA) is 35.0 Å². The third-order valence-corrected chi connectivity index (χ3v) is 3.11. The van der Waals surface area contributed by atoms with Crippen LogP contribution in [-0.2, 0) is 6.61 Å². The van der Waals surface area contributed by atoms with E-state index in [9.17, 15) is 0 Å². The predicted molar refractivity (Wildman–Crippen MR) is 60.2 cm³/mol. The summed E-state index contributed by atoms with van der Waals surface area (Å²) in [6, 6.07) is 3.88. The lowest BCUT2D eigenvalue weighted by molar-refractivity contribution is 0.304. The number of pyridine rings is 1. The predicted octanol–water partition coefficient (Wildman–Crippen LogP) is 2.73. The number of thiazole rings is 1. The van der Waals surface area contributed by atoms with Gasteiger partial charge in [-0.1, -0.05) is 11.3 Å². The van der Waals surface area contributed by atoms with Crippen molar-refractivity contribution in [1.29, 1.82) is 0 Å². The lowest BCUT2D eigenvalue weighted by atomic mass is 10.3. The largest absolute Gasteiger partial charge is 0.465 e. The number of nitrogens with zero attached hydrogens (tertiary/aromatic N) is 2. The van der Waals surface area contributed by atoms with Crippen LogP contribution in [0.3, 0.4) is 0 Å². The van der Waals surface area contributed by atoms with E-state index in [-0.39, 0.29) is 0 Å². The van der Waals surface area contributed by atoms with E-state index in [0.717, 1.165) is 16.5 Å². The first kappa shape index (κ1) is 10.1. The zero-order valence-electron chi connectivity index (χ0n) is 8.73. The number of aryl methyl sites for hydroxylation is 2. The van der Waals surface area contributed by atoms with Crippen molar-refractivity contribution in [1.82, 2.24) is 9.97 Å². The Morgan fingerprint density at radius 3 is 2.60 bits per heavy atom. The summed E-state index contributed by atoms with van der Waals surface area (Å²) in [5, 5.41) is 0.738. The minimum Gasteiger partial charge on any atom is -0.465 e. The van der Waals surface area contributed by atoms with E-state index in [1.165, 1.54) is 4.88 Å². The van der Waals surface area contributed by atoms with Crippen LogP contribution < -0.4 is 4.74 Å². The fourth-order valence-electron chi connectivity index (χ4n) is 1.13. The molecule has 0 fully saturated rings. The zero-order valence-corrected chi connectivity index (χ0v) is 9.54. The van der Waals surface area contributed by atoms with Crippen molar-refractivity contribution in [3.05, 3.63) is 40.7 Å². The van der Waals surface area contributed by atoms with Gasteiger partial charge in [0, 0.05) is 17.3 Å². The quantitative estimate of drug-likeness (QED) is 0.797. The molecule has 78 valence electrons. The summed E-state index contributed by atoms with van der Waals surface area (Å²) in [4.78, 5) is 9.46. The van der Waals surface area contributed by atoms with Crippen LogP contribution in [0.25, 0.3) is 0 Å². The average Bonchev–Trinajstić information content (AvgIpc) is 2.57. The molecule has 0 N–H and O–H groups in total. The molecular weight excluding hydrogens is 208 g/mol. The molecule has 2 aromatic rings. The third-order valence-electron chi connectivity index (χ3n) is 2.12. The molecule has 2 aromatic heterocycles. The van der Waals surface area contributed by atoms with E-state index in [4.69, 9.17) is 4.74 Å². The van der Waals surface area contributed by atoms with Crippen molar-refractivity contribution in [2.45, 2.75) is 20.5 Å². The van der Waals surface area contributed by atoms with Crippen molar-refractivity contribution in [3.63, 3.8) is 0 Å². The standard InChI is InChI=1S/C11H12N2OS/c1-8-9(2)15-11(13-8)14-7-10-3-5-12-6-4-10/h3-6H,7H2,1-2H3. The molecule has 0 aliphatic heterocycles. The van der Waals surface area contributed by atoms with Gasteiger partial charge in [0.25, 0.3) is 5.19 Å². The molecular formula is C11H12N2OS. The molecule has 2 heterocycles. The first-order valence-corrected chi connectivity index (χ1v) is 5.53. The van der Waals surface area contributed by atoms with Crippen LogP contribution in [0.1, 0.15) is 16.1 Å². The number of ether oxygens (including phenoxy) is 1. The fraction of sp³-hybridized carbons (Fsp3) is 0.273. The normalized spacial score (nSPS) is 10.3. The maximum atomic E-state index is 5.57. The number of hydrogen-bond donors (Lipinski definition) is 0. The van der Waals surface area contributed by atoms with E-state index < -0.39 is 0 Å². The van der Waals surface area contributed by atoms with Crippen LogP contribution in [0.2, 0.25) is 0 Å². The van der Waals surface area contributed by atoms with Crippen molar-refractivity contribution in [2.24, 2.45) is 0 Å². The molecule has 0 atom stereocenters. The third kappa shape index (κ3) is 2.53. The molecule has 0 aliphatic rings. The van der Waals surface area contributed by atoms with Gasteiger partial charge < -0.3 is 4.74 Å². The van der Waals surface area contributed by atoms with Gasteiger partial charge in [-0.2, -0.15) is 0 Å². The molecule has 0 aliphatic carbocycles. The Morgan fingerprint density at radius 1 is 1.27 bits per heavy atom. The van der Waals surface area contributed by atoms with E-state index in [0.29, 0.717) is 6.61 Å². The number of hydrogen-bond acceptors (Lipinski definition) is 4. The molecule has 0 aromatic carbocycles. The Hall–Kier alpha value is -1.42. The van der Waals surface area contributed by atoms with Gasteiger partial charge in [-0.05, 0) is 31.5 Å². The van der Waals surface area contributed by atoms with Crippen molar-refractivity contribution in [3.8, 4) is 5.19 Å². The summed E-state index contributed by atoms with van der Waals surface area (Å²) in [5.41, 5.74) is 2.15. The zero-order chi connectivity index (χ0) is 10.7. The first-order chi connectivity index (χ1) is 7.25. The Balaban J connectivity index is 1.99. The second-order valence-corrected chi connectivity index (χ2v) is 4.43. The van der Waals surface area contributed by atoms with Crippen molar-refractivity contribution >= 4 is 11.3 Å². The first-order valence-electron chi connectivity index (χ1n) is 4.71. The van der Waals surface area contributed by atoms with Crippen LogP contribution in [0, 0.1) is 13.8 Å². The lowest BCUT2D eigenvalue weighted by Gasteiger charge is -2.00. The van der Waals surface area contributed by atoms with Gasteiger partial charge in [-0.15, -0.1) is 0 Å². The number of rotatable bonds is 3. The van der Waals surface area contributed by atoms with Crippen molar-refractivity contribution < 1.29 is 4.74 Å². The second-order valence-electron chi connectivity index (χ2n) is 3.27. The summed E-state index contributed by atoms with van der Waals surface area (Å²) >= 11 is 1.58. The van der Waals surface area contributed by atoms with Gasteiger partial charge in [0.05, 0.1) is 5.69 Å². The monoisotopic (exact) mass is 220 g/mol. The molecule has 0 radical (unpaired) electrons. The highest BCUT2D eigenvalue weighted by molar-refractivity contribution is 7.13. The van der Waals surface area contributed by atoms with Crippen LogP contribution >= 0.6 is 11.3 Å². The molecule has 0 spiro atoms. The maximum Gasteiger partial charge on any atom is 0.273 e. The fourth-order valence-corrected chi connectivity index (χ4v) is 1.88.